The summed E-state index contributed by atoms with van der Waals surface area (Å²) in [6, 6.07) is 7.47. The number of hydrogen-bond donors (Lipinski definition) is 1. The van der Waals surface area contributed by atoms with Crippen LogP contribution in [-0.4, -0.2) is 31.1 Å². The maximum atomic E-state index is 12.7. The maximum absolute atomic E-state index is 12.7. The number of nitrogens with zero attached hydrogens (tertiary/aromatic N) is 2. The van der Waals surface area contributed by atoms with Gasteiger partial charge in [0.2, 0.25) is 5.91 Å². The van der Waals surface area contributed by atoms with Crippen molar-refractivity contribution in [3.8, 4) is 5.75 Å². The van der Waals surface area contributed by atoms with Gasteiger partial charge in [-0.2, -0.15) is 13.2 Å². The van der Waals surface area contributed by atoms with Crippen LogP contribution in [0.2, 0.25) is 5.02 Å². The Morgan fingerprint density at radius 3 is 2.80 bits per heavy atom. The first kappa shape index (κ1) is 22.2. The highest BCUT2D eigenvalue weighted by Gasteiger charge is 2.31. The molecule has 1 N–H and O–H groups in total. The van der Waals surface area contributed by atoms with Crippen LogP contribution in [0.5, 0.6) is 5.75 Å². The molecule has 1 atom stereocenters. The van der Waals surface area contributed by atoms with Crippen molar-refractivity contribution in [2.75, 3.05) is 30.4 Å². The number of aromatic nitrogens is 1. The van der Waals surface area contributed by atoms with Gasteiger partial charge in [0.15, 0.2) is 0 Å². The number of ether oxygens (including phenoxy) is 1. The fraction of sp³-hybridized carbons (Fsp3) is 0.429. The van der Waals surface area contributed by atoms with E-state index < -0.39 is 11.7 Å². The number of pyridine rings is 1. The standard InChI is InChI=1S/C21H23ClF3N3O2/c1-30-18-7-6-16(22)11-17(18)27-20(29)9-4-14-3-2-10-28(13-14)19-8-5-15(12-26-19)21(23,24)25/h5-8,11-12,14H,2-4,9-10,13H2,1H3,(H,27,29)/t14-/m1/s1. The summed E-state index contributed by atoms with van der Waals surface area (Å²) < 4.78 is 43.4. The Morgan fingerprint density at radius 2 is 2.13 bits per heavy atom. The molecule has 1 saturated heterocycles. The summed E-state index contributed by atoms with van der Waals surface area (Å²) in [6.07, 6.45) is -0.664. The first-order chi connectivity index (χ1) is 14.3. The van der Waals surface area contributed by atoms with E-state index in [0.29, 0.717) is 41.7 Å². The third kappa shape index (κ3) is 5.78. The van der Waals surface area contributed by atoms with Gasteiger partial charge in [0, 0.05) is 30.7 Å². The molecule has 3 rings (SSSR count). The summed E-state index contributed by atoms with van der Waals surface area (Å²) in [6.45, 7) is 1.40. The molecule has 1 amide bonds. The van der Waals surface area contributed by atoms with E-state index in [4.69, 9.17) is 16.3 Å². The van der Waals surface area contributed by atoms with E-state index in [1.54, 1.807) is 18.2 Å². The Hall–Kier alpha value is -2.48. The molecule has 0 radical (unpaired) electrons. The molecule has 0 saturated carbocycles. The number of piperidine rings is 1. The number of halogens is 4. The monoisotopic (exact) mass is 441 g/mol. The molecule has 9 heteroatoms. The van der Waals surface area contributed by atoms with Gasteiger partial charge >= 0.3 is 6.18 Å². The van der Waals surface area contributed by atoms with Crippen molar-refractivity contribution in [2.45, 2.75) is 31.9 Å². The first-order valence-electron chi connectivity index (χ1n) is 9.68. The zero-order valence-corrected chi connectivity index (χ0v) is 17.3. The average Bonchev–Trinajstić information content (AvgIpc) is 2.72. The second-order valence-corrected chi connectivity index (χ2v) is 7.72. The van der Waals surface area contributed by atoms with Crippen molar-refractivity contribution < 1.29 is 22.7 Å². The number of rotatable bonds is 6. The van der Waals surface area contributed by atoms with Crippen LogP contribution in [0.3, 0.4) is 0 Å². The van der Waals surface area contributed by atoms with Crippen molar-refractivity contribution in [3.63, 3.8) is 0 Å². The molecule has 30 heavy (non-hydrogen) atoms. The third-order valence-corrected chi connectivity index (χ3v) is 5.37. The number of anilines is 2. The highest BCUT2D eigenvalue weighted by atomic mass is 35.5. The van der Waals surface area contributed by atoms with E-state index in [2.05, 4.69) is 10.3 Å². The summed E-state index contributed by atoms with van der Waals surface area (Å²) in [4.78, 5) is 18.3. The van der Waals surface area contributed by atoms with Gasteiger partial charge in [-0.05, 0) is 55.5 Å². The van der Waals surface area contributed by atoms with E-state index in [0.717, 1.165) is 31.6 Å². The quantitative estimate of drug-likeness (QED) is 0.652. The van der Waals surface area contributed by atoms with Gasteiger partial charge in [-0.1, -0.05) is 11.6 Å². The minimum absolute atomic E-state index is 0.139. The lowest BCUT2D eigenvalue weighted by atomic mass is 9.93. The van der Waals surface area contributed by atoms with E-state index >= 15 is 0 Å². The van der Waals surface area contributed by atoms with E-state index in [-0.39, 0.29) is 11.8 Å². The average molecular weight is 442 g/mol. The molecule has 2 aromatic rings. The van der Waals surface area contributed by atoms with Gasteiger partial charge in [-0.15, -0.1) is 0 Å². The fourth-order valence-corrected chi connectivity index (χ4v) is 3.75. The summed E-state index contributed by atoms with van der Waals surface area (Å²) in [5.41, 5.74) is -0.234. The highest BCUT2D eigenvalue weighted by molar-refractivity contribution is 6.31. The second-order valence-electron chi connectivity index (χ2n) is 7.29. The number of methoxy groups -OCH3 is 1. The van der Waals surface area contributed by atoms with Crippen LogP contribution in [0, 0.1) is 5.92 Å². The van der Waals surface area contributed by atoms with Crippen LogP contribution in [-0.2, 0) is 11.0 Å². The molecular formula is C21H23ClF3N3O2. The number of carbonyl (C=O) groups excluding carboxylic acids is 1. The molecule has 1 aliphatic heterocycles. The number of alkyl halides is 3. The molecule has 0 bridgehead atoms. The van der Waals surface area contributed by atoms with Crippen LogP contribution >= 0.6 is 11.6 Å². The van der Waals surface area contributed by atoms with E-state index in [1.165, 1.54) is 13.2 Å². The molecular weight excluding hydrogens is 419 g/mol. The number of carbonyl (C=O) groups is 1. The SMILES string of the molecule is COc1ccc(Cl)cc1NC(=O)CC[C@H]1CCCN(c2ccc(C(F)(F)F)cn2)C1. The Labute approximate surface area is 178 Å². The number of hydrogen-bond acceptors (Lipinski definition) is 4. The number of benzene rings is 1. The molecule has 1 aromatic carbocycles. The second kappa shape index (κ2) is 9.55. The molecule has 0 spiro atoms. The summed E-state index contributed by atoms with van der Waals surface area (Å²) in [7, 11) is 1.52. The van der Waals surface area contributed by atoms with Gasteiger partial charge in [-0.25, -0.2) is 4.98 Å². The summed E-state index contributed by atoms with van der Waals surface area (Å²) in [5, 5.41) is 3.32. The lowest BCUT2D eigenvalue weighted by Crippen LogP contribution is -2.36. The molecule has 5 nitrogen and oxygen atoms in total. The Kier molecular flexibility index (Phi) is 7.07. The van der Waals surface area contributed by atoms with Crippen LogP contribution in [0.25, 0.3) is 0 Å². The third-order valence-electron chi connectivity index (χ3n) is 5.13. The maximum Gasteiger partial charge on any atom is 0.417 e. The van der Waals surface area contributed by atoms with Crippen LogP contribution in [0.4, 0.5) is 24.7 Å². The van der Waals surface area contributed by atoms with Crippen molar-refractivity contribution in [3.05, 3.63) is 47.1 Å². The molecule has 1 aromatic heterocycles. The van der Waals surface area contributed by atoms with Gasteiger partial charge < -0.3 is 15.0 Å². The summed E-state index contributed by atoms with van der Waals surface area (Å²) >= 11 is 5.98. The Bertz CT molecular complexity index is 875. The minimum atomic E-state index is -4.39. The number of amides is 1. The molecule has 2 heterocycles. The first-order valence-corrected chi connectivity index (χ1v) is 10.1. The largest absolute Gasteiger partial charge is 0.495 e. The van der Waals surface area contributed by atoms with Crippen LogP contribution < -0.4 is 15.0 Å². The number of nitrogens with one attached hydrogen (secondary N) is 1. The predicted molar refractivity (Wildman–Crippen MR) is 110 cm³/mol. The van der Waals surface area contributed by atoms with Gasteiger partial charge in [0.05, 0.1) is 18.4 Å². The normalized spacial score (nSPS) is 17.0. The Balaban J connectivity index is 1.54. The Morgan fingerprint density at radius 1 is 1.33 bits per heavy atom. The predicted octanol–water partition coefficient (Wildman–Crippen LogP) is 5.40. The van der Waals surface area contributed by atoms with Crippen molar-refractivity contribution in [2.24, 2.45) is 5.92 Å². The van der Waals surface area contributed by atoms with Crippen molar-refractivity contribution in [1.29, 1.82) is 0 Å². The fourth-order valence-electron chi connectivity index (χ4n) is 3.58. The molecule has 0 unspecified atom stereocenters. The van der Waals surface area contributed by atoms with Gasteiger partial charge in [-0.3, -0.25) is 4.79 Å². The van der Waals surface area contributed by atoms with Crippen LogP contribution in [0.1, 0.15) is 31.2 Å². The molecule has 0 aliphatic carbocycles. The topological polar surface area (TPSA) is 54.5 Å². The van der Waals surface area contributed by atoms with Crippen molar-refractivity contribution >= 4 is 29.0 Å². The van der Waals surface area contributed by atoms with Crippen LogP contribution in [0.15, 0.2) is 36.5 Å². The van der Waals surface area contributed by atoms with Gasteiger partial charge in [0.1, 0.15) is 11.6 Å². The van der Waals surface area contributed by atoms with E-state index in [9.17, 15) is 18.0 Å². The van der Waals surface area contributed by atoms with Crippen molar-refractivity contribution in [1.82, 2.24) is 4.98 Å². The zero-order valence-electron chi connectivity index (χ0n) is 16.5. The lowest BCUT2D eigenvalue weighted by Gasteiger charge is -2.33. The smallest absolute Gasteiger partial charge is 0.417 e. The van der Waals surface area contributed by atoms with Gasteiger partial charge in [0.25, 0.3) is 0 Å². The molecule has 162 valence electrons. The lowest BCUT2D eigenvalue weighted by molar-refractivity contribution is -0.137. The highest BCUT2D eigenvalue weighted by Crippen LogP contribution is 2.31. The minimum Gasteiger partial charge on any atom is -0.495 e. The molecule has 1 fully saturated rings. The summed E-state index contributed by atoms with van der Waals surface area (Å²) in [5.74, 6) is 1.18. The molecule has 1 aliphatic rings. The van der Waals surface area contributed by atoms with E-state index in [1.807, 2.05) is 4.90 Å². The zero-order chi connectivity index (χ0) is 21.7.